The number of aryl methyl sites for hydroxylation is 3. The number of nitrogens with zero attached hydrogens (tertiary/aromatic N) is 2. The Morgan fingerprint density at radius 1 is 0.767 bits per heavy atom. The second-order valence-corrected chi connectivity index (χ2v) is 11.8. The molecular weight excluding hydrogens is 579 g/mol. The van der Waals surface area contributed by atoms with E-state index in [0.29, 0.717) is 40.7 Å². The van der Waals surface area contributed by atoms with E-state index in [4.69, 9.17) is 32.7 Å². The molecule has 0 spiro atoms. The number of ether oxygens (including phenoxy) is 2. The largest absolute Gasteiger partial charge is 0.486 e. The van der Waals surface area contributed by atoms with Crippen molar-refractivity contribution in [3.63, 3.8) is 0 Å². The highest BCUT2D eigenvalue weighted by atomic mass is 35.5. The highest BCUT2D eigenvalue weighted by molar-refractivity contribution is 6.33. The minimum atomic E-state index is 0.407. The number of H-pyrrole nitrogens is 2. The van der Waals surface area contributed by atoms with Crippen LogP contribution in [0.4, 0.5) is 0 Å². The predicted molar refractivity (Wildman–Crippen MR) is 177 cm³/mol. The molecule has 2 N–H and O–H groups in total. The molecule has 0 fully saturated rings. The molecule has 4 heterocycles. The summed E-state index contributed by atoms with van der Waals surface area (Å²) in [6.45, 7) is 11.3. The maximum atomic E-state index is 6.33. The summed E-state index contributed by atoms with van der Waals surface area (Å²) in [5.74, 6) is 1.80. The Hall–Kier alpha value is -4.00. The van der Waals surface area contributed by atoms with E-state index in [1.54, 1.807) is 6.20 Å². The van der Waals surface area contributed by atoms with Gasteiger partial charge in [0.25, 0.3) is 0 Å². The van der Waals surface area contributed by atoms with Gasteiger partial charge in [0.05, 0.1) is 21.4 Å². The topological polar surface area (TPSA) is 75.8 Å². The lowest BCUT2D eigenvalue weighted by Crippen LogP contribution is -1.99. The van der Waals surface area contributed by atoms with Crippen molar-refractivity contribution in [2.45, 2.75) is 60.2 Å². The summed E-state index contributed by atoms with van der Waals surface area (Å²) in [4.78, 5) is 15.5. The summed E-state index contributed by atoms with van der Waals surface area (Å²) in [5, 5.41) is 3.46. The highest BCUT2D eigenvalue weighted by Gasteiger charge is 2.10. The predicted octanol–water partition coefficient (Wildman–Crippen LogP) is 9.89. The van der Waals surface area contributed by atoms with E-state index in [2.05, 4.69) is 52.8 Å². The molecule has 0 saturated heterocycles. The molecule has 6 aromatic rings. The van der Waals surface area contributed by atoms with Crippen LogP contribution in [0.1, 0.15) is 60.7 Å². The number of rotatable bonds is 8. The number of aromatic amines is 2. The first-order chi connectivity index (χ1) is 20.7. The fourth-order valence-corrected chi connectivity index (χ4v) is 5.19. The SMILES string of the molecule is CCc1cc2cc(Cl)c(OCc3cc(C)ccn3)cc2[nH]1.Cc1cccc(COc2cc3[nH]c(C(C)C)cc3cc2Cl)n1. The Morgan fingerprint density at radius 3 is 2.05 bits per heavy atom. The number of hydrogen-bond acceptors (Lipinski definition) is 4. The van der Waals surface area contributed by atoms with Crippen LogP contribution >= 0.6 is 23.2 Å². The van der Waals surface area contributed by atoms with Crippen LogP contribution in [0.2, 0.25) is 10.0 Å². The fraction of sp³-hybridized carbons (Fsp3) is 0.257. The number of hydrogen-bond donors (Lipinski definition) is 2. The quantitative estimate of drug-likeness (QED) is 0.179. The van der Waals surface area contributed by atoms with Gasteiger partial charge in [-0.1, -0.05) is 50.0 Å². The molecule has 2 aromatic carbocycles. The zero-order valence-corrected chi connectivity index (χ0v) is 26.6. The number of benzene rings is 2. The van der Waals surface area contributed by atoms with Crippen molar-refractivity contribution >= 4 is 45.0 Å². The van der Waals surface area contributed by atoms with Gasteiger partial charge in [-0.05, 0) is 80.3 Å². The minimum Gasteiger partial charge on any atom is -0.486 e. The molecule has 0 atom stereocenters. The van der Waals surface area contributed by atoms with E-state index in [-0.39, 0.29) is 0 Å². The molecule has 0 bridgehead atoms. The van der Waals surface area contributed by atoms with Gasteiger partial charge in [-0.15, -0.1) is 0 Å². The number of aromatic nitrogens is 4. The number of pyridine rings is 2. The second-order valence-electron chi connectivity index (χ2n) is 10.9. The number of halogens is 2. The lowest BCUT2D eigenvalue weighted by Gasteiger charge is -2.08. The van der Waals surface area contributed by atoms with Crippen LogP contribution in [0.3, 0.4) is 0 Å². The van der Waals surface area contributed by atoms with Gasteiger partial charge in [0.1, 0.15) is 24.7 Å². The Morgan fingerprint density at radius 2 is 1.42 bits per heavy atom. The van der Waals surface area contributed by atoms with Crippen LogP contribution in [-0.2, 0) is 19.6 Å². The second kappa shape index (κ2) is 13.5. The van der Waals surface area contributed by atoms with E-state index in [1.165, 1.54) is 17.0 Å². The van der Waals surface area contributed by atoms with Crippen molar-refractivity contribution in [1.82, 2.24) is 19.9 Å². The van der Waals surface area contributed by atoms with Crippen LogP contribution in [0.5, 0.6) is 11.5 Å². The Kier molecular flexibility index (Phi) is 9.59. The van der Waals surface area contributed by atoms with Crippen molar-refractivity contribution in [1.29, 1.82) is 0 Å². The lowest BCUT2D eigenvalue weighted by molar-refractivity contribution is 0.301. The zero-order chi connectivity index (χ0) is 30.5. The molecule has 4 aromatic heterocycles. The smallest absolute Gasteiger partial charge is 0.140 e. The van der Waals surface area contributed by atoms with Crippen molar-refractivity contribution < 1.29 is 9.47 Å². The van der Waals surface area contributed by atoms with Gasteiger partial charge in [0, 0.05) is 57.2 Å². The highest BCUT2D eigenvalue weighted by Crippen LogP contribution is 2.33. The normalized spacial score (nSPS) is 11.2. The number of nitrogens with one attached hydrogen (secondary N) is 2. The van der Waals surface area contributed by atoms with Crippen LogP contribution in [0, 0.1) is 13.8 Å². The van der Waals surface area contributed by atoms with Gasteiger partial charge in [-0.25, -0.2) is 0 Å². The van der Waals surface area contributed by atoms with Gasteiger partial charge in [0.2, 0.25) is 0 Å². The van der Waals surface area contributed by atoms with Crippen molar-refractivity contribution in [3.8, 4) is 11.5 Å². The molecule has 6 nitrogen and oxygen atoms in total. The summed E-state index contributed by atoms with van der Waals surface area (Å²) >= 11 is 12.6. The van der Waals surface area contributed by atoms with Crippen molar-refractivity contribution in [2.24, 2.45) is 0 Å². The van der Waals surface area contributed by atoms with Crippen LogP contribution in [0.25, 0.3) is 21.8 Å². The monoisotopic (exact) mass is 614 g/mol. The summed E-state index contributed by atoms with van der Waals surface area (Å²) in [7, 11) is 0. The Labute approximate surface area is 262 Å². The third-order valence-electron chi connectivity index (χ3n) is 7.10. The molecule has 6 rings (SSSR count). The zero-order valence-electron chi connectivity index (χ0n) is 25.1. The van der Waals surface area contributed by atoms with Crippen LogP contribution in [0.15, 0.2) is 72.9 Å². The van der Waals surface area contributed by atoms with E-state index >= 15 is 0 Å². The van der Waals surface area contributed by atoms with Gasteiger partial charge < -0.3 is 19.4 Å². The lowest BCUT2D eigenvalue weighted by atomic mass is 10.1. The van der Waals surface area contributed by atoms with Crippen molar-refractivity contribution in [3.05, 3.63) is 117 Å². The average Bonchev–Trinajstić information content (AvgIpc) is 3.58. The molecule has 0 radical (unpaired) electrons. The molecule has 0 unspecified atom stereocenters. The molecule has 0 aliphatic rings. The molecule has 0 saturated carbocycles. The third-order valence-corrected chi connectivity index (χ3v) is 7.69. The van der Waals surface area contributed by atoms with E-state index < -0.39 is 0 Å². The molecule has 0 aliphatic carbocycles. The van der Waals surface area contributed by atoms with E-state index in [9.17, 15) is 0 Å². The third kappa shape index (κ3) is 7.70. The average molecular weight is 616 g/mol. The molecular formula is C35H36Cl2N4O2. The molecule has 43 heavy (non-hydrogen) atoms. The van der Waals surface area contributed by atoms with Gasteiger partial charge >= 0.3 is 0 Å². The van der Waals surface area contributed by atoms with Gasteiger partial charge in [0.15, 0.2) is 0 Å². The van der Waals surface area contributed by atoms with E-state index in [1.807, 2.05) is 68.4 Å². The molecule has 0 amide bonds. The van der Waals surface area contributed by atoms with Gasteiger partial charge in [-0.3, -0.25) is 9.97 Å². The first-order valence-corrected chi connectivity index (χ1v) is 15.2. The van der Waals surface area contributed by atoms with Gasteiger partial charge in [-0.2, -0.15) is 0 Å². The first kappa shape index (κ1) is 30.5. The van der Waals surface area contributed by atoms with Crippen molar-refractivity contribution in [2.75, 3.05) is 0 Å². The maximum absolute atomic E-state index is 6.33. The summed E-state index contributed by atoms with van der Waals surface area (Å²) in [6, 6.07) is 21.9. The molecule has 222 valence electrons. The first-order valence-electron chi connectivity index (χ1n) is 14.4. The fourth-order valence-electron chi connectivity index (χ4n) is 4.73. The number of fused-ring (bicyclic) bond motifs is 2. The molecule has 0 aliphatic heterocycles. The van der Waals surface area contributed by atoms with Crippen LogP contribution in [-0.4, -0.2) is 19.9 Å². The standard InChI is InChI=1S/C18H19ClN2O.C17H17ClN2O/c1-11(2)16-8-13-7-15(19)18(9-17(13)21-16)22-10-14-6-4-5-12(3)20-14;1-3-13-7-12-8-15(18)17(9-16(12)20-13)21-10-14-6-11(2)4-5-19-14/h4-9,11,21H,10H2,1-3H3;4-9,20H,3,10H2,1-2H3. The Bertz CT molecular complexity index is 1860. The summed E-state index contributed by atoms with van der Waals surface area (Å²) < 4.78 is 11.7. The molecule has 8 heteroatoms. The Balaban J connectivity index is 0.000000171. The maximum Gasteiger partial charge on any atom is 0.140 e. The summed E-state index contributed by atoms with van der Waals surface area (Å²) in [6.07, 6.45) is 2.76. The summed E-state index contributed by atoms with van der Waals surface area (Å²) in [5.41, 5.74) is 8.42. The van der Waals surface area contributed by atoms with Crippen LogP contribution < -0.4 is 9.47 Å². The minimum absolute atomic E-state index is 0.407. The van der Waals surface area contributed by atoms with E-state index in [0.717, 1.165) is 45.3 Å².